The van der Waals surface area contributed by atoms with Gasteiger partial charge in [-0.3, -0.25) is 4.79 Å². The molecule has 0 radical (unpaired) electrons. The number of rotatable bonds is 5. The molecule has 116 valence electrons. The summed E-state index contributed by atoms with van der Waals surface area (Å²) in [6, 6.07) is 1.75. The first-order valence-corrected chi connectivity index (χ1v) is 8.13. The fraction of sp³-hybridized carbons (Fsp3) is 0.600. The Morgan fingerprint density at radius 1 is 1.43 bits per heavy atom. The normalized spacial score (nSPS) is 16.7. The molecular weight excluding hydrogens is 288 g/mol. The number of carbonyl (C=O) groups excluding carboxylic acids is 2. The van der Waals surface area contributed by atoms with E-state index in [2.05, 4.69) is 5.32 Å². The van der Waals surface area contributed by atoms with Crippen LogP contribution in [0.4, 0.5) is 5.00 Å². The predicted molar refractivity (Wildman–Crippen MR) is 83.6 cm³/mol. The van der Waals surface area contributed by atoms with E-state index in [1.807, 2.05) is 6.92 Å². The molecule has 1 fully saturated rings. The Hall–Kier alpha value is -1.40. The van der Waals surface area contributed by atoms with E-state index in [0.717, 1.165) is 30.6 Å². The fourth-order valence-corrected chi connectivity index (χ4v) is 3.67. The zero-order valence-corrected chi connectivity index (χ0v) is 13.3. The van der Waals surface area contributed by atoms with Crippen LogP contribution >= 0.6 is 11.3 Å². The molecule has 1 heterocycles. The lowest BCUT2D eigenvalue weighted by atomic mass is 9.85. The van der Waals surface area contributed by atoms with Crippen LogP contribution in [0.1, 0.15) is 47.8 Å². The van der Waals surface area contributed by atoms with Crippen molar-refractivity contribution in [2.45, 2.75) is 39.5 Å². The van der Waals surface area contributed by atoms with Crippen molar-refractivity contribution in [3.63, 3.8) is 0 Å². The van der Waals surface area contributed by atoms with Crippen molar-refractivity contribution in [1.82, 2.24) is 0 Å². The molecule has 1 aromatic heterocycles. The Labute approximate surface area is 128 Å². The number of nitrogens with one attached hydrogen (secondary N) is 1. The topological polar surface area (TPSA) is 81.4 Å². The summed E-state index contributed by atoms with van der Waals surface area (Å²) < 4.78 is 5.03. The maximum absolute atomic E-state index is 12.6. The minimum Gasteiger partial charge on any atom is -0.462 e. The molecule has 0 aromatic carbocycles. The van der Waals surface area contributed by atoms with Crippen molar-refractivity contribution in [3.05, 3.63) is 16.5 Å². The van der Waals surface area contributed by atoms with Crippen molar-refractivity contribution >= 4 is 28.2 Å². The standard InChI is InChI=1S/C15H22N2O3S/c1-3-20-13(18)11-8-10(2)21-12(11)17-14(19)15(9-16)6-4-5-7-15/h8H,3-7,9,16H2,1-2H3,(H,17,19). The van der Waals surface area contributed by atoms with Crippen molar-refractivity contribution < 1.29 is 14.3 Å². The second-order valence-electron chi connectivity index (χ2n) is 5.47. The molecule has 6 heteroatoms. The fourth-order valence-electron chi connectivity index (χ4n) is 2.78. The second-order valence-corrected chi connectivity index (χ2v) is 6.72. The average Bonchev–Trinajstić information content (AvgIpc) is 3.06. The molecule has 1 amide bonds. The van der Waals surface area contributed by atoms with Gasteiger partial charge in [-0.15, -0.1) is 11.3 Å². The summed E-state index contributed by atoms with van der Waals surface area (Å²) in [6.45, 7) is 4.32. The highest BCUT2D eigenvalue weighted by Crippen LogP contribution is 2.39. The molecule has 0 saturated heterocycles. The second kappa shape index (κ2) is 6.58. The number of nitrogens with two attached hydrogens (primary N) is 1. The van der Waals surface area contributed by atoms with Crippen LogP contribution in [0.15, 0.2) is 6.07 Å². The number of aryl methyl sites for hydroxylation is 1. The molecule has 0 aliphatic heterocycles. The van der Waals surface area contributed by atoms with E-state index in [0.29, 0.717) is 23.7 Å². The number of thiophene rings is 1. The van der Waals surface area contributed by atoms with E-state index in [1.165, 1.54) is 11.3 Å². The Kier molecular flexibility index (Phi) is 5.00. The van der Waals surface area contributed by atoms with E-state index in [1.54, 1.807) is 13.0 Å². The van der Waals surface area contributed by atoms with E-state index in [-0.39, 0.29) is 5.91 Å². The van der Waals surface area contributed by atoms with Gasteiger partial charge in [0.2, 0.25) is 5.91 Å². The summed E-state index contributed by atoms with van der Waals surface area (Å²) in [5.74, 6) is -0.472. The quantitative estimate of drug-likeness (QED) is 0.819. The van der Waals surface area contributed by atoms with Crippen LogP contribution in [0.3, 0.4) is 0 Å². The highest BCUT2D eigenvalue weighted by atomic mass is 32.1. The van der Waals surface area contributed by atoms with Crippen LogP contribution in [0, 0.1) is 12.3 Å². The van der Waals surface area contributed by atoms with Gasteiger partial charge in [0.25, 0.3) is 0 Å². The maximum Gasteiger partial charge on any atom is 0.341 e. The number of anilines is 1. The van der Waals surface area contributed by atoms with Gasteiger partial charge in [0.05, 0.1) is 17.6 Å². The molecule has 0 unspecified atom stereocenters. The minimum absolute atomic E-state index is 0.0742. The van der Waals surface area contributed by atoms with Crippen LogP contribution in [0.2, 0.25) is 0 Å². The summed E-state index contributed by atoms with van der Waals surface area (Å²) in [7, 11) is 0. The predicted octanol–water partition coefficient (Wildman–Crippen LogP) is 2.69. The molecule has 2 rings (SSSR count). The SMILES string of the molecule is CCOC(=O)c1cc(C)sc1NC(=O)C1(CN)CCCC1. The van der Waals surface area contributed by atoms with E-state index < -0.39 is 11.4 Å². The number of esters is 1. The number of hydrogen-bond acceptors (Lipinski definition) is 5. The van der Waals surface area contributed by atoms with Gasteiger partial charge >= 0.3 is 5.97 Å². The highest BCUT2D eigenvalue weighted by molar-refractivity contribution is 7.16. The Morgan fingerprint density at radius 3 is 2.67 bits per heavy atom. The van der Waals surface area contributed by atoms with Gasteiger partial charge < -0.3 is 15.8 Å². The molecule has 1 aromatic rings. The lowest BCUT2D eigenvalue weighted by Gasteiger charge is -2.25. The first-order chi connectivity index (χ1) is 10.0. The van der Waals surface area contributed by atoms with Crippen molar-refractivity contribution in [2.75, 3.05) is 18.5 Å². The molecule has 0 spiro atoms. The van der Waals surface area contributed by atoms with Crippen molar-refractivity contribution in [1.29, 1.82) is 0 Å². The molecule has 3 N–H and O–H groups in total. The van der Waals surface area contributed by atoms with Crippen LogP contribution in [-0.2, 0) is 9.53 Å². The molecule has 0 atom stereocenters. The lowest BCUT2D eigenvalue weighted by molar-refractivity contribution is -0.124. The van der Waals surface area contributed by atoms with Gasteiger partial charge in [-0.25, -0.2) is 4.79 Å². The van der Waals surface area contributed by atoms with Gasteiger partial charge in [-0.1, -0.05) is 12.8 Å². The smallest absolute Gasteiger partial charge is 0.341 e. The summed E-state index contributed by atoms with van der Waals surface area (Å²) in [5, 5.41) is 3.47. The van der Waals surface area contributed by atoms with Gasteiger partial charge in [0.15, 0.2) is 0 Å². The number of amides is 1. The third kappa shape index (κ3) is 3.27. The largest absolute Gasteiger partial charge is 0.462 e. The van der Waals surface area contributed by atoms with Crippen molar-refractivity contribution in [2.24, 2.45) is 11.1 Å². The third-order valence-corrected chi connectivity index (χ3v) is 4.98. The first-order valence-electron chi connectivity index (χ1n) is 7.31. The Bertz CT molecular complexity index is 533. The molecule has 1 saturated carbocycles. The number of ether oxygens (including phenoxy) is 1. The van der Waals surface area contributed by atoms with Gasteiger partial charge in [-0.05, 0) is 32.8 Å². The zero-order chi connectivity index (χ0) is 15.5. The number of hydrogen-bond donors (Lipinski definition) is 2. The first kappa shape index (κ1) is 16.0. The van der Waals surface area contributed by atoms with Crippen LogP contribution < -0.4 is 11.1 Å². The van der Waals surface area contributed by atoms with E-state index in [9.17, 15) is 9.59 Å². The monoisotopic (exact) mass is 310 g/mol. The van der Waals surface area contributed by atoms with Crippen molar-refractivity contribution in [3.8, 4) is 0 Å². The highest BCUT2D eigenvalue weighted by Gasteiger charge is 2.40. The van der Waals surface area contributed by atoms with Crippen LogP contribution in [-0.4, -0.2) is 25.0 Å². The average molecular weight is 310 g/mol. The van der Waals surface area contributed by atoms with E-state index in [4.69, 9.17) is 10.5 Å². The van der Waals surface area contributed by atoms with Gasteiger partial charge in [0, 0.05) is 11.4 Å². The van der Waals surface area contributed by atoms with Gasteiger partial charge in [0.1, 0.15) is 5.00 Å². The summed E-state index contributed by atoms with van der Waals surface area (Å²) >= 11 is 1.39. The van der Waals surface area contributed by atoms with Crippen LogP contribution in [0.5, 0.6) is 0 Å². The Morgan fingerprint density at radius 2 is 2.10 bits per heavy atom. The minimum atomic E-state index is -0.482. The molecular formula is C15H22N2O3S. The molecule has 1 aliphatic rings. The van der Waals surface area contributed by atoms with Gasteiger partial charge in [-0.2, -0.15) is 0 Å². The molecule has 0 bridgehead atoms. The summed E-state index contributed by atoms with van der Waals surface area (Å²) in [4.78, 5) is 25.5. The van der Waals surface area contributed by atoms with E-state index >= 15 is 0 Å². The number of carbonyl (C=O) groups is 2. The summed E-state index contributed by atoms with van der Waals surface area (Å²) in [5.41, 5.74) is 5.77. The molecule has 21 heavy (non-hydrogen) atoms. The molecule has 1 aliphatic carbocycles. The maximum atomic E-state index is 12.6. The lowest BCUT2D eigenvalue weighted by Crippen LogP contribution is -2.40. The zero-order valence-electron chi connectivity index (χ0n) is 12.5. The Balaban J connectivity index is 2.19. The summed E-state index contributed by atoms with van der Waals surface area (Å²) in [6.07, 6.45) is 3.68. The van der Waals surface area contributed by atoms with Crippen LogP contribution in [0.25, 0.3) is 0 Å². The third-order valence-electron chi connectivity index (χ3n) is 4.01. The molecule has 5 nitrogen and oxygen atoms in total.